The fraction of sp³-hybridized carbons (Fsp3) is 0.333. The number of carbonyl (C=O) groups excluding carboxylic acids is 1. The van der Waals surface area contributed by atoms with Gasteiger partial charge in [-0.05, 0) is 25.1 Å². The van der Waals surface area contributed by atoms with Gasteiger partial charge in [-0.25, -0.2) is 4.98 Å². The Bertz CT molecular complexity index is 966. The van der Waals surface area contributed by atoms with Gasteiger partial charge >= 0.3 is 0 Å². The maximum absolute atomic E-state index is 13.3. The van der Waals surface area contributed by atoms with Crippen molar-refractivity contribution >= 4 is 16.9 Å². The molecule has 1 atom stereocenters. The Hall–Kier alpha value is -2.86. The summed E-state index contributed by atoms with van der Waals surface area (Å²) in [6, 6.07) is 15.8. The molecule has 140 valence electrons. The first-order valence-corrected chi connectivity index (χ1v) is 9.24. The molecule has 1 N–H and O–H groups in total. The summed E-state index contributed by atoms with van der Waals surface area (Å²) >= 11 is 0. The topological polar surface area (TPSA) is 59.4 Å². The first-order valence-electron chi connectivity index (χ1n) is 9.24. The maximum Gasteiger partial charge on any atom is 0.243 e. The van der Waals surface area contributed by atoms with Gasteiger partial charge in [-0.15, -0.1) is 0 Å². The fourth-order valence-electron chi connectivity index (χ4n) is 3.84. The Morgan fingerprint density at radius 2 is 2.00 bits per heavy atom. The molecule has 1 aliphatic rings. The molecule has 0 radical (unpaired) electrons. The van der Waals surface area contributed by atoms with Gasteiger partial charge in [0.25, 0.3) is 0 Å². The minimum atomic E-state index is -0.0440. The van der Waals surface area contributed by atoms with Crippen LogP contribution in [0.5, 0.6) is 5.75 Å². The molecule has 2 aromatic carbocycles. The second-order valence-corrected chi connectivity index (χ2v) is 6.78. The van der Waals surface area contributed by atoms with Crippen LogP contribution in [0.25, 0.3) is 11.0 Å². The van der Waals surface area contributed by atoms with Gasteiger partial charge in [0.05, 0.1) is 24.2 Å². The zero-order valence-corrected chi connectivity index (χ0v) is 15.7. The number of nitrogens with zero attached hydrogens (tertiary/aromatic N) is 3. The molecule has 6 heteroatoms. The van der Waals surface area contributed by atoms with Gasteiger partial charge in [-0.1, -0.05) is 30.3 Å². The lowest BCUT2D eigenvalue weighted by Crippen LogP contribution is -2.49. The molecule has 1 unspecified atom stereocenters. The minimum absolute atomic E-state index is 0.0440. The molecule has 1 aromatic heterocycles. The Balaban J connectivity index is 1.64. The van der Waals surface area contributed by atoms with E-state index in [1.54, 1.807) is 7.11 Å². The molecule has 3 aromatic rings. The van der Waals surface area contributed by atoms with Crippen molar-refractivity contribution in [3.05, 3.63) is 59.9 Å². The van der Waals surface area contributed by atoms with Crippen molar-refractivity contribution in [2.24, 2.45) is 0 Å². The van der Waals surface area contributed by atoms with Gasteiger partial charge in [0.2, 0.25) is 5.91 Å². The fourth-order valence-corrected chi connectivity index (χ4v) is 3.84. The summed E-state index contributed by atoms with van der Waals surface area (Å²) in [5.74, 6) is 1.76. The Morgan fingerprint density at radius 1 is 1.22 bits per heavy atom. The summed E-state index contributed by atoms with van der Waals surface area (Å²) in [5.41, 5.74) is 2.95. The number of methoxy groups -OCH3 is 1. The molecule has 0 saturated carbocycles. The third-order valence-corrected chi connectivity index (χ3v) is 5.20. The predicted octanol–water partition coefficient (Wildman–Crippen LogP) is 2.53. The molecular weight excluding hydrogens is 340 g/mol. The number of aryl methyl sites for hydroxylation is 1. The number of carbonyl (C=O) groups is 1. The van der Waals surface area contributed by atoms with Crippen LogP contribution in [-0.2, 0) is 11.3 Å². The normalized spacial score (nSPS) is 17.3. The van der Waals surface area contributed by atoms with Gasteiger partial charge in [0, 0.05) is 25.2 Å². The lowest BCUT2D eigenvalue weighted by atomic mass is 10.0. The van der Waals surface area contributed by atoms with Crippen LogP contribution in [0.15, 0.2) is 48.5 Å². The standard InChI is InChI=1S/C21H24N4O2/c1-15-23-17-8-4-5-9-18(17)25(15)14-21(26)24-12-11-22-13-19(24)16-7-3-6-10-20(16)27-2/h3-10,19,22H,11-14H2,1-2H3. The summed E-state index contributed by atoms with van der Waals surface area (Å²) in [4.78, 5) is 19.8. The molecule has 4 rings (SSSR count). The number of imidazole rings is 1. The number of amides is 1. The zero-order valence-electron chi connectivity index (χ0n) is 15.7. The lowest BCUT2D eigenvalue weighted by molar-refractivity contribution is -0.135. The van der Waals surface area contributed by atoms with Crippen LogP contribution in [0.1, 0.15) is 17.4 Å². The van der Waals surface area contributed by atoms with E-state index < -0.39 is 0 Å². The van der Waals surface area contributed by atoms with E-state index in [9.17, 15) is 4.79 Å². The van der Waals surface area contributed by atoms with Crippen LogP contribution >= 0.6 is 0 Å². The van der Waals surface area contributed by atoms with Crippen LogP contribution in [0, 0.1) is 6.92 Å². The minimum Gasteiger partial charge on any atom is -0.496 e. The monoisotopic (exact) mass is 364 g/mol. The number of hydrogen-bond donors (Lipinski definition) is 1. The predicted molar refractivity (Wildman–Crippen MR) is 105 cm³/mol. The molecule has 1 aliphatic heterocycles. The molecule has 6 nitrogen and oxygen atoms in total. The molecular formula is C21H24N4O2. The van der Waals surface area contributed by atoms with Crippen molar-refractivity contribution in [2.45, 2.75) is 19.5 Å². The van der Waals surface area contributed by atoms with Gasteiger partial charge in [-0.2, -0.15) is 0 Å². The number of para-hydroxylation sites is 3. The number of hydrogen-bond acceptors (Lipinski definition) is 4. The highest BCUT2D eigenvalue weighted by Crippen LogP contribution is 2.30. The zero-order chi connectivity index (χ0) is 18.8. The Labute approximate surface area is 158 Å². The number of ether oxygens (including phenoxy) is 1. The molecule has 0 spiro atoms. The van der Waals surface area contributed by atoms with Crippen molar-refractivity contribution in [1.82, 2.24) is 19.8 Å². The van der Waals surface area contributed by atoms with Crippen molar-refractivity contribution in [3.8, 4) is 5.75 Å². The number of nitrogens with one attached hydrogen (secondary N) is 1. The van der Waals surface area contributed by atoms with E-state index in [0.29, 0.717) is 6.54 Å². The van der Waals surface area contributed by atoms with Crippen molar-refractivity contribution in [3.63, 3.8) is 0 Å². The smallest absolute Gasteiger partial charge is 0.243 e. The van der Waals surface area contributed by atoms with E-state index >= 15 is 0 Å². The third-order valence-electron chi connectivity index (χ3n) is 5.20. The molecule has 27 heavy (non-hydrogen) atoms. The highest BCUT2D eigenvalue weighted by Gasteiger charge is 2.30. The first-order chi connectivity index (χ1) is 13.2. The van der Waals surface area contributed by atoms with Crippen LogP contribution in [-0.4, -0.2) is 47.1 Å². The summed E-state index contributed by atoms with van der Waals surface area (Å²) in [6.45, 7) is 4.42. The highest BCUT2D eigenvalue weighted by atomic mass is 16.5. The van der Waals surface area contributed by atoms with E-state index in [1.165, 1.54) is 0 Å². The molecule has 1 saturated heterocycles. The second kappa shape index (κ2) is 7.40. The van der Waals surface area contributed by atoms with Crippen molar-refractivity contribution in [2.75, 3.05) is 26.7 Å². The van der Waals surface area contributed by atoms with Crippen molar-refractivity contribution in [1.29, 1.82) is 0 Å². The number of benzene rings is 2. The molecule has 0 bridgehead atoms. The van der Waals surface area contributed by atoms with E-state index in [2.05, 4.69) is 10.3 Å². The van der Waals surface area contributed by atoms with Crippen LogP contribution in [0.2, 0.25) is 0 Å². The Kier molecular flexibility index (Phi) is 4.81. The number of aromatic nitrogens is 2. The number of rotatable bonds is 4. The molecule has 0 aliphatic carbocycles. The second-order valence-electron chi connectivity index (χ2n) is 6.78. The molecule has 2 heterocycles. The lowest BCUT2D eigenvalue weighted by Gasteiger charge is -2.37. The largest absolute Gasteiger partial charge is 0.496 e. The number of piperazine rings is 1. The van der Waals surface area contributed by atoms with Gasteiger partial charge in [0.1, 0.15) is 18.1 Å². The SMILES string of the molecule is COc1ccccc1C1CNCCN1C(=O)Cn1c(C)nc2ccccc21. The van der Waals surface area contributed by atoms with E-state index in [-0.39, 0.29) is 18.5 Å². The summed E-state index contributed by atoms with van der Waals surface area (Å²) in [5, 5.41) is 3.40. The number of fused-ring (bicyclic) bond motifs is 1. The van der Waals surface area contributed by atoms with E-state index in [4.69, 9.17) is 4.74 Å². The highest BCUT2D eigenvalue weighted by molar-refractivity contribution is 5.81. The quantitative estimate of drug-likeness (QED) is 0.773. The van der Waals surface area contributed by atoms with Gasteiger partial charge < -0.3 is 19.5 Å². The third kappa shape index (κ3) is 3.28. The summed E-state index contributed by atoms with van der Waals surface area (Å²) < 4.78 is 7.53. The van der Waals surface area contributed by atoms with Crippen molar-refractivity contribution < 1.29 is 9.53 Å². The summed E-state index contributed by atoms with van der Waals surface area (Å²) in [6.07, 6.45) is 0. The Morgan fingerprint density at radius 3 is 2.85 bits per heavy atom. The van der Waals surface area contributed by atoms with E-state index in [0.717, 1.165) is 41.3 Å². The molecule has 1 amide bonds. The average molecular weight is 364 g/mol. The van der Waals surface area contributed by atoms with Gasteiger partial charge in [-0.3, -0.25) is 4.79 Å². The van der Waals surface area contributed by atoms with Gasteiger partial charge in [0.15, 0.2) is 0 Å². The average Bonchev–Trinajstić information content (AvgIpc) is 3.03. The van der Waals surface area contributed by atoms with Crippen LogP contribution in [0.3, 0.4) is 0 Å². The maximum atomic E-state index is 13.3. The van der Waals surface area contributed by atoms with Crippen LogP contribution < -0.4 is 10.1 Å². The summed E-state index contributed by atoms with van der Waals surface area (Å²) in [7, 11) is 1.67. The van der Waals surface area contributed by atoms with Crippen LogP contribution in [0.4, 0.5) is 0 Å². The molecule has 1 fully saturated rings. The first kappa shape index (κ1) is 17.5. The van der Waals surface area contributed by atoms with E-state index in [1.807, 2.05) is 64.9 Å².